The molecule has 1 aliphatic carbocycles. The standard InChI is InChI=1S/C18H27N3O3S.ClH/c1-13(2)21-25(23,24)16-8-6-15(7-9-16)20-17(22)18-10-4-3-5-14(18)11-19-12-18;/h6-9,13-14,19,21H,3-5,10-12H2,1-2H3,(H,20,22);1H/t14-,18+;/m0./s1. The maximum atomic E-state index is 12.9. The van der Waals surface area contributed by atoms with Crippen molar-refractivity contribution in [1.82, 2.24) is 10.0 Å². The van der Waals surface area contributed by atoms with Gasteiger partial charge < -0.3 is 10.6 Å². The van der Waals surface area contributed by atoms with Crippen LogP contribution in [-0.4, -0.2) is 33.5 Å². The molecule has 0 bridgehead atoms. The zero-order chi connectivity index (χ0) is 18.1. The number of halogens is 1. The normalized spacial score (nSPS) is 25.4. The van der Waals surface area contributed by atoms with Gasteiger partial charge in [-0.3, -0.25) is 4.79 Å². The first kappa shape index (κ1) is 21.2. The van der Waals surface area contributed by atoms with E-state index in [2.05, 4.69) is 15.4 Å². The Bertz CT molecular complexity index is 737. The van der Waals surface area contributed by atoms with Crippen molar-refractivity contribution < 1.29 is 13.2 Å². The molecule has 1 heterocycles. The van der Waals surface area contributed by atoms with Crippen molar-refractivity contribution in [3.8, 4) is 0 Å². The predicted octanol–water partition coefficient (Wildman–Crippen LogP) is 2.51. The molecule has 0 spiro atoms. The van der Waals surface area contributed by atoms with E-state index in [4.69, 9.17) is 0 Å². The molecule has 146 valence electrons. The third-order valence-electron chi connectivity index (χ3n) is 5.30. The first-order valence-electron chi connectivity index (χ1n) is 8.98. The Morgan fingerprint density at radius 1 is 1.23 bits per heavy atom. The molecule has 1 aliphatic heterocycles. The second-order valence-corrected chi connectivity index (χ2v) is 9.20. The molecule has 2 atom stereocenters. The Balaban J connectivity index is 0.00000243. The van der Waals surface area contributed by atoms with Gasteiger partial charge >= 0.3 is 0 Å². The monoisotopic (exact) mass is 401 g/mol. The number of hydrogen-bond acceptors (Lipinski definition) is 4. The van der Waals surface area contributed by atoms with Crippen molar-refractivity contribution in [1.29, 1.82) is 0 Å². The third kappa shape index (κ3) is 4.22. The highest BCUT2D eigenvalue weighted by atomic mass is 35.5. The lowest BCUT2D eigenvalue weighted by Gasteiger charge is -2.37. The minimum atomic E-state index is -3.51. The second-order valence-electron chi connectivity index (χ2n) is 7.48. The molecule has 0 unspecified atom stereocenters. The van der Waals surface area contributed by atoms with E-state index < -0.39 is 10.0 Å². The maximum Gasteiger partial charge on any atom is 0.240 e. The second kappa shape index (κ2) is 8.25. The van der Waals surface area contributed by atoms with E-state index in [0.717, 1.165) is 32.4 Å². The summed E-state index contributed by atoms with van der Waals surface area (Å²) in [5.41, 5.74) is 0.321. The van der Waals surface area contributed by atoms with Gasteiger partial charge in [0.15, 0.2) is 0 Å². The number of rotatable bonds is 5. The summed E-state index contributed by atoms with van der Waals surface area (Å²) < 4.78 is 26.9. The van der Waals surface area contributed by atoms with Crippen molar-refractivity contribution in [2.75, 3.05) is 18.4 Å². The lowest BCUT2D eigenvalue weighted by molar-refractivity contribution is -0.128. The van der Waals surface area contributed by atoms with Crippen molar-refractivity contribution in [3.05, 3.63) is 24.3 Å². The van der Waals surface area contributed by atoms with Crippen LogP contribution < -0.4 is 15.4 Å². The Morgan fingerprint density at radius 3 is 2.58 bits per heavy atom. The molecule has 3 rings (SSSR count). The van der Waals surface area contributed by atoms with E-state index in [9.17, 15) is 13.2 Å². The highest BCUT2D eigenvalue weighted by molar-refractivity contribution is 7.89. The smallest absolute Gasteiger partial charge is 0.240 e. The van der Waals surface area contributed by atoms with Crippen LogP contribution >= 0.6 is 12.4 Å². The molecule has 1 amide bonds. The summed E-state index contributed by atoms with van der Waals surface area (Å²) in [4.78, 5) is 13.1. The van der Waals surface area contributed by atoms with Gasteiger partial charge in [-0.25, -0.2) is 13.1 Å². The summed E-state index contributed by atoms with van der Waals surface area (Å²) in [6, 6.07) is 6.21. The molecule has 2 fully saturated rings. The van der Waals surface area contributed by atoms with Gasteiger partial charge in [-0.2, -0.15) is 0 Å². The van der Waals surface area contributed by atoms with Crippen LogP contribution in [0.4, 0.5) is 5.69 Å². The van der Waals surface area contributed by atoms with Gasteiger partial charge in [0, 0.05) is 18.3 Å². The number of carbonyl (C=O) groups is 1. The van der Waals surface area contributed by atoms with Gasteiger partial charge in [0.1, 0.15) is 0 Å². The number of sulfonamides is 1. The van der Waals surface area contributed by atoms with Gasteiger partial charge in [0.05, 0.1) is 10.3 Å². The summed E-state index contributed by atoms with van der Waals surface area (Å²) in [5, 5.41) is 6.37. The van der Waals surface area contributed by atoms with Gasteiger partial charge in [-0.1, -0.05) is 12.8 Å². The summed E-state index contributed by atoms with van der Waals surface area (Å²) in [6.07, 6.45) is 4.29. The van der Waals surface area contributed by atoms with Crippen LogP contribution in [-0.2, 0) is 14.8 Å². The lowest BCUT2D eigenvalue weighted by Crippen LogP contribution is -2.44. The van der Waals surface area contributed by atoms with E-state index in [-0.39, 0.29) is 34.7 Å². The minimum absolute atomic E-state index is 0. The highest BCUT2D eigenvalue weighted by Crippen LogP contribution is 2.44. The van der Waals surface area contributed by atoms with Crippen LogP contribution in [0.3, 0.4) is 0 Å². The molecule has 1 aromatic rings. The first-order chi connectivity index (χ1) is 11.8. The summed E-state index contributed by atoms with van der Waals surface area (Å²) >= 11 is 0. The topological polar surface area (TPSA) is 87.3 Å². The van der Waals surface area contributed by atoms with Crippen molar-refractivity contribution >= 4 is 34.0 Å². The molecular formula is C18H28ClN3O3S. The Kier molecular flexibility index (Phi) is 6.71. The molecule has 1 saturated carbocycles. The molecule has 0 radical (unpaired) electrons. The van der Waals surface area contributed by atoms with E-state index in [0.29, 0.717) is 11.6 Å². The molecule has 1 aromatic carbocycles. The fraction of sp³-hybridized carbons (Fsp3) is 0.611. The molecule has 8 heteroatoms. The zero-order valence-corrected chi connectivity index (χ0v) is 16.9. The number of carbonyl (C=O) groups excluding carboxylic acids is 1. The molecule has 2 aliphatic rings. The fourth-order valence-electron chi connectivity index (χ4n) is 4.04. The number of hydrogen-bond donors (Lipinski definition) is 3. The van der Waals surface area contributed by atoms with Crippen LogP contribution in [0, 0.1) is 11.3 Å². The molecule has 6 nitrogen and oxygen atoms in total. The predicted molar refractivity (Wildman–Crippen MR) is 105 cm³/mol. The number of benzene rings is 1. The van der Waals surface area contributed by atoms with Crippen LogP contribution in [0.15, 0.2) is 29.2 Å². The number of nitrogens with one attached hydrogen (secondary N) is 3. The Morgan fingerprint density at radius 2 is 1.92 bits per heavy atom. The van der Waals surface area contributed by atoms with Crippen molar-refractivity contribution in [2.24, 2.45) is 11.3 Å². The largest absolute Gasteiger partial charge is 0.326 e. The minimum Gasteiger partial charge on any atom is -0.326 e. The summed E-state index contributed by atoms with van der Waals surface area (Å²) in [7, 11) is -3.51. The van der Waals surface area contributed by atoms with Crippen molar-refractivity contribution in [2.45, 2.75) is 50.5 Å². The number of anilines is 1. The first-order valence-corrected chi connectivity index (χ1v) is 10.5. The number of amides is 1. The lowest BCUT2D eigenvalue weighted by atomic mass is 9.67. The molecular weight excluding hydrogens is 374 g/mol. The molecule has 1 saturated heterocycles. The maximum absolute atomic E-state index is 12.9. The summed E-state index contributed by atoms with van der Waals surface area (Å²) in [6.45, 7) is 5.20. The average molecular weight is 402 g/mol. The van der Waals surface area contributed by atoms with Crippen LogP contribution in [0.2, 0.25) is 0 Å². The fourth-order valence-corrected chi connectivity index (χ4v) is 5.29. The van der Waals surface area contributed by atoms with E-state index in [1.54, 1.807) is 26.0 Å². The van der Waals surface area contributed by atoms with Crippen LogP contribution in [0.25, 0.3) is 0 Å². The van der Waals surface area contributed by atoms with Gasteiger partial charge in [-0.15, -0.1) is 12.4 Å². The van der Waals surface area contributed by atoms with Crippen LogP contribution in [0.5, 0.6) is 0 Å². The average Bonchev–Trinajstić information content (AvgIpc) is 2.99. The third-order valence-corrected chi connectivity index (χ3v) is 6.98. The van der Waals surface area contributed by atoms with Crippen LogP contribution in [0.1, 0.15) is 39.5 Å². The van der Waals surface area contributed by atoms with E-state index in [1.165, 1.54) is 18.6 Å². The Labute approximate surface area is 162 Å². The Hall–Kier alpha value is -1.15. The van der Waals surface area contributed by atoms with E-state index >= 15 is 0 Å². The van der Waals surface area contributed by atoms with Gasteiger partial charge in [0.25, 0.3) is 0 Å². The molecule has 26 heavy (non-hydrogen) atoms. The summed E-state index contributed by atoms with van der Waals surface area (Å²) in [5.74, 6) is 0.453. The van der Waals surface area contributed by atoms with Crippen molar-refractivity contribution in [3.63, 3.8) is 0 Å². The highest BCUT2D eigenvalue weighted by Gasteiger charge is 2.49. The SMILES string of the molecule is CC(C)NS(=O)(=O)c1ccc(NC(=O)[C@@]23CCCC[C@H]2CNC3)cc1.Cl. The van der Waals surface area contributed by atoms with E-state index in [1.807, 2.05) is 0 Å². The molecule has 3 N–H and O–H groups in total. The molecule has 0 aromatic heterocycles. The quantitative estimate of drug-likeness (QED) is 0.707. The zero-order valence-electron chi connectivity index (χ0n) is 15.2. The number of fused-ring (bicyclic) bond motifs is 1. The van der Waals surface area contributed by atoms with Gasteiger partial charge in [0.2, 0.25) is 15.9 Å². The van der Waals surface area contributed by atoms with Gasteiger partial charge in [-0.05, 0) is 63.4 Å².